The molecule has 0 saturated carbocycles. The Hall–Kier alpha value is -2.69. The van der Waals surface area contributed by atoms with Crippen molar-refractivity contribution < 1.29 is 14.1 Å². The molecule has 3 rings (SSSR count). The Morgan fingerprint density at radius 2 is 2.08 bits per heavy atom. The molecule has 0 saturated heterocycles. The van der Waals surface area contributed by atoms with Crippen LogP contribution < -0.4 is 0 Å². The summed E-state index contributed by atoms with van der Waals surface area (Å²) in [5.41, 5.74) is 4.29. The highest BCUT2D eigenvalue weighted by Crippen LogP contribution is 2.29. The van der Waals surface area contributed by atoms with Crippen LogP contribution in [-0.2, 0) is 11.2 Å². The van der Waals surface area contributed by atoms with Crippen LogP contribution in [0.1, 0.15) is 41.4 Å². The normalized spacial score (nSPS) is 11.0. The maximum absolute atomic E-state index is 12.1. The number of ether oxygens (including phenoxy) is 1. The van der Waals surface area contributed by atoms with Gasteiger partial charge < -0.3 is 9.26 Å². The second kappa shape index (κ2) is 6.83. The third kappa shape index (κ3) is 2.89. The predicted molar refractivity (Wildman–Crippen MR) is 91.9 cm³/mol. The Bertz CT molecular complexity index is 883. The van der Waals surface area contributed by atoms with E-state index in [2.05, 4.69) is 17.1 Å². The van der Waals surface area contributed by atoms with Crippen molar-refractivity contribution in [2.45, 2.75) is 33.1 Å². The van der Waals surface area contributed by atoms with Crippen LogP contribution in [0.2, 0.25) is 0 Å². The molecule has 0 N–H and O–H groups in total. The Kier molecular flexibility index (Phi) is 4.60. The third-order valence-corrected chi connectivity index (χ3v) is 4.09. The molecule has 2 heterocycles. The molecule has 0 amide bonds. The van der Waals surface area contributed by atoms with Crippen LogP contribution in [0.4, 0.5) is 0 Å². The smallest absolute Gasteiger partial charge is 0.339 e. The van der Waals surface area contributed by atoms with E-state index in [1.165, 1.54) is 7.11 Å². The number of hydrogen-bond donors (Lipinski definition) is 0. The molecule has 0 aliphatic rings. The molecule has 0 radical (unpaired) electrons. The van der Waals surface area contributed by atoms with E-state index in [4.69, 9.17) is 9.26 Å². The van der Waals surface area contributed by atoms with Crippen LogP contribution in [-0.4, -0.2) is 23.2 Å². The fourth-order valence-electron chi connectivity index (χ4n) is 2.88. The molecule has 0 atom stereocenters. The molecule has 5 nitrogen and oxygen atoms in total. The second-order valence-electron chi connectivity index (χ2n) is 5.75. The molecule has 2 aromatic heterocycles. The minimum atomic E-state index is -0.345. The van der Waals surface area contributed by atoms with Gasteiger partial charge in [-0.1, -0.05) is 30.6 Å². The molecule has 0 fully saturated rings. The van der Waals surface area contributed by atoms with Crippen molar-refractivity contribution in [2.75, 3.05) is 7.11 Å². The van der Waals surface area contributed by atoms with Gasteiger partial charge in [0, 0.05) is 0 Å². The van der Waals surface area contributed by atoms with Gasteiger partial charge in [0.05, 0.1) is 29.4 Å². The maximum Gasteiger partial charge on any atom is 0.339 e. The lowest BCUT2D eigenvalue weighted by Gasteiger charge is -2.12. The largest absolute Gasteiger partial charge is 0.465 e. The van der Waals surface area contributed by atoms with E-state index in [0.29, 0.717) is 17.0 Å². The van der Waals surface area contributed by atoms with Crippen molar-refractivity contribution in [3.05, 3.63) is 47.2 Å². The number of hydrogen-bond acceptors (Lipinski definition) is 5. The molecule has 124 valence electrons. The molecule has 0 aliphatic heterocycles. The van der Waals surface area contributed by atoms with E-state index in [9.17, 15) is 4.79 Å². The number of unbranched alkanes of at least 4 members (excludes halogenated alkanes) is 1. The van der Waals surface area contributed by atoms with Crippen molar-refractivity contribution in [1.82, 2.24) is 10.1 Å². The van der Waals surface area contributed by atoms with Gasteiger partial charge in [-0.15, -0.1) is 0 Å². The molecule has 5 heteroatoms. The topological polar surface area (TPSA) is 65.2 Å². The zero-order valence-electron chi connectivity index (χ0n) is 14.1. The first-order valence-electron chi connectivity index (χ1n) is 8.09. The molecule has 0 unspecified atom stereocenters. The summed E-state index contributed by atoms with van der Waals surface area (Å²) in [4.78, 5) is 16.7. The van der Waals surface area contributed by atoms with Gasteiger partial charge in [0.25, 0.3) is 0 Å². The summed E-state index contributed by atoms with van der Waals surface area (Å²) in [6, 6.07) is 9.61. The molecule has 24 heavy (non-hydrogen) atoms. The number of benzene rings is 1. The van der Waals surface area contributed by atoms with Crippen LogP contribution in [0.3, 0.4) is 0 Å². The zero-order chi connectivity index (χ0) is 17.1. The first-order valence-corrected chi connectivity index (χ1v) is 8.09. The number of carbonyl (C=O) groups excluding carboxylic acids is 1. The van der Waals surface area contributed by atoms with Gasteiger partial charge in [-0.2, -0.15) is 0 Å². The minimum absolute atomic E-state index is 0.345. The van der Waals surface area contributed by atoms with E-state index in [1.807, 2.05) is 37.3 Å². The Labute approximate surface area is 140 Å². The van der Waals surface area contributed by atoms with Crippen LogP contribution in [0.25, 0.3) is 22.4 Å². The van der Waals surface area contributed by atoms with E-state index in [0.717, 1.165) is 41.5 Å². The summed E-state index contributed by atoms with van der Waals surface area (Å²) < 4.78 is 10.3. The number of aromatic nitrogens is 2. The SMILES string of the molecule is CCCCc1cc(-c2noc3ccccc23)nc(C)c1C(=O)OC. The standard InChI is InChI=1S/C19H20N2O3/c1-4-5-8-13-11-15(20-12(2)17(13)19(22)23-3)18-14-9-6-7-10-16(14)24-21-18/h6-7,9-11H,4-5,8H2,1-3H3. The minimum Gasteiger partial charge on any atom is -0.465 e. The maximum atomic E-state index is 12.1. The summed E-state index contributed by atoms with van der Waals surface area (Å²) in [5, 5.41) is 5.08. The van der Waals surface area contributed by atoms with Crippen molar-refractivity contribution >= 4 is 16.9 Å². The predicted octanol–water partition coefficient (Wildman–Crippen LogP) is 4.33. The van der Waals surface area contributed by atoms with Crippen molar-refractivity contribution in [1.29, 1.82) is 0 Å². The molecule has 0 spiro atoms. The number of fused-ring (bicyclic) bond motifs is 1. The van der Waals surface area contributed by atoms with Gasteiger partial charge in [-0.3, -0.25) is 4.98 Å². The number of rotatable bonds is 5. The quantitative estimate of drug-likeness (QED) is 0.654. The fraction of sp³-hybridized carbons (Fsp3) is 0.316. The van der Waals surface area contributed by atoms with Crippen LogP contribution >= 0.6 is 0 Å². The van der Waals surface area contributed by atoms with Crippen molar-refractivity contribution in [2.24, 2.45) is 0 Å². The van der Waals surface area contributed by atoms with Gasteiger partial charge >= 0.3 is 5.97 Å². The molecule has 0 aliphatic carbocycles. The fourth-order valence-corrected chi connectivity index (χ4v) is 2.88. The van der Waals surface area contributed by atoms with Crippen LogP contribution in [0.5, 0.6) is 0 Å². The van der Waals surface area contributed by atoms with Gasteiger partial charge in [-0.25, -0.2) is 4.79 Å². The Morgan fingerprint density at radius 1 is 1.29 bits per heavy atom. The van der Waals surface area contributed by atoms with E-state index >= 15 is 0 Å². The van der Waals surface area contributed by atoms with Crippen molar-refractivity contribution in [3.8, 4) is 11.4 Å². The van der Waals surface area contributed by atoms with Gasteiger partial charge in [0.1, 0.15) is 5.69 Å². The van der Waals surface area contributed by atoms with E-state index in [-0.39, 0.29) is 5.97 Å². The number of esters is 1. The highest BCUT2D eigenvalue weighted by molar-refractivity contribution is 5.94. The highest BCUT2D eigenvalue weighted by atomic mass is 16.5. The Morgan fingerprint density at radius 3 is 2.83 bits per heavy atom. The lowest BCUT2D eigenvalue weighted by molar-refractivity contribution is 0.0598. The number of para-hydroxylation sites is 1. The number of aryl methyl sites for hydroxylation is 2. The number of nitrogens with zero attached hydrogens (tertiary/aromatic N) is 2. The average molecular weight is 324 g/mol. The van der Waals surface area contributed by atoms with Crippen LogP contribution in [0.15, 0.2) is 34.9 Å². The molecular weight excluding hydrogens is 304 g/mol. The second-order valence-corrected chi connectivity index (χ2v) is 5.75. The zero-order valence-corrected chi connectivity index (χ0v) is 14.1. The third-order valence-electron chi connectivity index (χ3n) is 4.09. The van der Waals surface area contributed by atoms with E-state index in [1.54, 1.807) is 0 Å². The molecule has 1 aromatic carbocycles. The molecule has 0 bridgehead atoms. The van der Waals surface area contributed by atoms with Crippen LogP contribution in [0, 0.1) is 6.92 Å². The first-order chi connectivity index (χ1) is 11.7. The summed E-state index contributed by atoms with van der Waals surface area (Å²) in [7, 11) is 1.39. The van der Waals surface area contributed by atoms with Gasteiger partial charge in [0.15, 0.2) is 5.58 Å². The highest BCUT2D eigenvalue weighted by Gasteiger charge is 2.20. The van der Waals surface area contributed by atoms with Gasteiger partial charge in [-0.05, 0) is 43.5 Å². The Balaban J connectivity index is 2.15. The van der Waals surface area contributed by atoms with Gasteiger partial charge in [0.2, 0.25) is 0 Å². The monoisotopic (exact) mass is 324 g/mol. The summed E-state index contributed by atoms with van der Waals surface area (Å²) >= 11 is 0. The summed E-state index contributed by atoms with van der Waals surface area (Å²) in [6.07, 6.45) is 2.84. The lowest BCUT2D eigenvalue weighted by Crippen LogP contribution is -2.10. The lowest BCUT2D eigenvalue weighted by atomic mass is 9.99. The number of pyridine rings is 1. The number of methoxy groups -OCH3 is 1. The molecular formula is C19H20N2O3. The summed E-state index contributed by atoms with van der Waals surface area (Å²) in [5.74, 6) is -0.345. The van der Waals surface area contributed by atoms with E-state index < -0.39 is 0 Å². The summed E-state index contributed by atoms with van der Waals surface area (Å²) in [6.45, 7) is 3.95. The first kappa shape index (κ1) is 16.2. The number of carbonyl (C=O) groups is 1. The average Bonchev–Trinajstić information content (AvgIpc) is 3.03. The molecule has 3 aromatic rings. The van der Waals surface area contributed by atoms with Crippen molar-refractivity contribution in [3.63, 3.8) is 0 Å².